The van der Waals surface area contributed by atoms with Crippen molar-refractivity contribution < 1.29 is 4.74 Å². The molecule has 0 unspecified atom stereocenters. The van der Waals surface area contributed by atoms with E-state index >= 15 is 0 Å². The zero-order valence-corrected chi connectivity index (χ0v) is 15.3. The monoisotopic (exact) mass is 359 g/mol. The standard InChI is InChI=1S/C18H21N3OS2/c19-11-18(6-8-22-9-7-18)5-2-10-23-16-15-13-3-1-4-14(13)24-17(15)21-12-20-16/h12H,1-10H2. The Morgan fingerprint density at radius 3 is 3.00 bits per heavy atom. The molecule has 1 aliphatic heterocycles. The maximum absolute atomic E-state index is 9.55. The predicted molar refractivity (Wildman–Crippen MR) is 97.5 cm³/mol. The zero-order valence-electron chi connectivity index (χ0n) is 13.7. The molecule has 0 bridgehead atoms. The number of hydrogen-bond donors (Lipinski definition) is 0. The Balaban J connectivity index is 1.41. The van der Waals surface area contributed by atoms with Crippen LogP contribution in [0.1, 0.15) is 42.5 Å². The second-order valence-corrected chi connectivity index (χ2v) is 8.84. The van der Waals surface area contributed by atoms with Crippen molar-refractivity contribution in [2.75, 3.05) is 19.0 Å². The average molecular weight is 360 g/mol. The minimum absolute atomic E-state index is 0.163. The third-order valence-corrected chi connectivity index (χ3v) is 7.47. The molecule has 2 aromatic rings. The van der Waals surface area contributed by atoms with Crippen molar-refractivity contribution in [1.29, 1.82) is 5.26 Å². The van der Waals surface area contributed by atoms with E-state index in [1.165, 1.54) is 35.1 Å². The fourth-order valence-corrected chi connectivity index (χ4v) is 6.03. The molecular weight excluding hydrogens is 338 g/mol. The van der Waals surface area contributed by atoms with Crippen molar-refractivity contribution in [3.63, 3.8) is 0 Å². The maximum Gasteiger partial charge on any atom is 0.128 e. The summed E-state index contributed by atoms with van der Waals surface area (Å²) in [6.45, 7) is 1.46. The Morgan fingerprint density at radius 2 is 2.17 bits per heavy atom. The van der Waals surface area contributed by atoms with Crippen LogP contribution < -0.4 is 0 Å². The molecule has 6 heteroatoms. The highest BCUT2D eigenvalue weighted by atomic mass is 32.2. The first kappa shape index (κ1) is 16.3. The fraction of sp³-hybridized carbons (Fsp3) is 0.611. The van der Waals surface area contributed by atoms with Crippen molar-refractivity contribution in [3.8, 4) is 6.07 Å². The highest BCUT2D eigenvalue weighted by Gasteiger charge is 2.32. The molecule has 2 aliphatic rings. The van der Waals surface area contributed by atoms with Gasteiger partial charge in [0.15, 0.2) is 0 Å². The third kappa shape index (κ3) is 3.05. The number of aryl methyl sites for hydroxylation is 2. The number of thioether (sulfide) groups is 1. The van der Waals surface area contributed by atoms with Crippen molar-refractivity contribution in [2.45, 2.75) is 50.0 Å². The van der Waals surface area contributed by atoms with E-state index < -0.39 is 0 Å². The summed E-state index contributed by atoms with van der Waals surface area (Å²) < 4.78 is 5.41. The lowest BCUT2D eigenvalue weighted by Crippen LogP contribution is -2.28. The summed E-state index contributed by atoms with van der Waals surface area (Å²) in [4.78, 5) is 11.7. The van der Waals surface area contributed by atoms with E-state index in [1.54, 1.807) is 6.33 Å². The topological polar surface area (TPSA) is 58.8 Å². The van der Waals surface area contributed by atoms with E-state index in [2.05, 4.69) is 16.0 Å². The molecule has 0 aromatic carbocycles. The molecule has 3 heterocycles. The van der Waals surface area contributed by atoms with Crippen LogP contribution in [-0.2, 0) is 17.6 Å². The molecular formula is C18H21N3OS2. The number of fused-ring (bicyclic) bond motifs is 3. The molecule has 0 N–H and O–H groups in total. The Kier molecular flexibility index (Phi) is 4.75. The van der Waals surface area contributed by atoms with Gasteiger partial charge in [-0.2, -0.15) is 5.26 Å². The highest BCUT2D eigenvalue weighted by Crippen LogP contribution is 2.41. The maximum atomic E-state index is 9.55. The van der Waals surface area contributed by atoms with Crippen LogP contribution in [-0.4, -0.2) is 28.9 Å². The summed E-state index contributed by atoms with van der Waals surface area (Å²) in [7, 11) is 0. The van der Waals surface area contributed by atoms with Crippen molar-refractivity contribution in [3.05, 3.63) is 16.8 Å². The predicted octanol–water partition coefficient (Wildman–Crippen LogP) is 4.37. The van der Waals surface area contributed by atoms with Crippen molar-refractivity contribution >= 4 is 33.3 Å². The first-order valence-corrected chi connectivity index (χ1v) is 10.5. The largest absolute Gasteiger partial charge is 0.381 e. The summed E-state index contributed by atoms with van der Waals surface area (Å²) in [5.41, 5.74) is 1.33. The van der Waals surface area contributed by atoms with Crippen LogP contribution in [0.3, 0.4) is 0 Å². The third-order valence-electron chi connectivity index (χ3n) is 5.19. The summed E-state index contributed by atoms with van der Waals surface area (Å²) in [6.07, 6.45) is 9.12. The normalized spacial score (nSPS) is 19.3. The lowest BCUT2D eigenvalue weighted by molar-refractivity contribution is 0.0368. The minimum atomic E-state index is -0.163. The Hall–Kier alpha value is -1.16. The second kappa shape index (κ2) is 6.99. The lowest BCUT2D eigenvalue weighted by Gasteiger charge is -2.30. The van der Waals surface area contributed by atoms with E-state index in [1.807, 2.05) is 23.1 Å². The van der Waals surface area contributed by atoms with Crippen molar-refractivity contribution in [2.24, 2.45) is 5.41 Å². The van der Waals surface area contributed by atoms with E-state index in [0.717, 1.165) is 54.5 Å². The fourth-order valence-electron chi connectivity index (χ4n) is 3.77. The SMILES string of the molecule is N#CC1(CCCSc2ncnc3sc4c(c23)CCC4)CCOCC1. The first-order chi connectivity index (χ1) is 11.8. The molecule has 2 aromatic heterocycles. The molecule has 4 nitrogen and oxygen atoms in total. The van der Waals surface area contributed by atoms with Crippen molar-refractivity contribution in [1.82, 2.24) is 9.97 Å². The van der Waals surface area contributed by atoms with Gasteiger partial charge in [-0.05, 0) is 56.3 Å². The highest BCUT2D eigenvalue weighted by molar-refractivity contribution is 7.99. The van der Waals surface area contributed by atoms with Crippen LogP contribution in [0.25, 0.3) is 10.2 Å². The first-order valence-electron chi connectivity index (χ1n) is 8.68. The number of thiophene rings is 1. The molecule has 1 saturated heterocycles. The molecule has 1 fully saturated rings. The lowest BCUT2D eigenvalue weighted by atomic mass is 9.78. The average Bonchev–Trinajstić information content (AvgIpc) is 3.20. The van der Waals surface area contributed by atoms with Gasteiger partial charge in [0.1, 0.15) is 16.2 Å². The van der Waals surface area contributed by atoms with Gasteiger partial charge in [-0.15, -0.1) is 23.1 Å². The van der Waals surface area contributed by atoms with Gasteiger partial charge in [0.2, 0.25) is 0 Å². The molecule has 4 rings (SSSR count). The molecule has 0 atom stereocenters. The van der Waals surface area contributed by atoms with E-state index in [9.17, 15) is 5.26 Å². The van der Waals surface area contributed by atoms with Gasteiger partial charge in [0, 0.05) is 23.5 Å². The number of ether oxygens (including phenoxy) is 1. The van der Waals surface area contributed by atoms with Gasteiger partial charge in [-0.3, -0.25) is 0 Å². The summed E-state index contributed by atoms with van der Waals surface area (Å²) in [6, 6.07) is 2.56. The summed E-state index contributed by atoms with van der Waals surface area (Å²) in [5.74, 6) is 1.01. The van der Waals surface area contributed by atoms with E-state index in [0.29, 0.717) is 0 Å². The zero-order chi connectivity index (χ0) is 16.4. The Bertz CT molecular complexity index is 774. The number of rotatable bonds is 5. The van der Waals surface area contributed by atoms with Gasteiger partial charge in [0.05, 0.1) is 11.5 Å². The van der Waals surface area contributed by atoms with Gasteiger partial charge in [0.25, 0.3) is 0 Å². The van der Waals surface area contributed by atoms with Gasteiger partial charge in [-0.1, -0.05) is 0 Å². The Morgan fingerprint density at radius 1 is 1.29 bits per heavy atom. The summed E-state index contributed by atoms with van der Waals surface area (Å²) >= 11 is 3.68. The summed E-state index contributed by atoms with van der Waals surface area (Å²) in [5, 5.41) is 12.0. The van der Waals surface area contributed by atoms with Crippen LogP contribution >= 0.6 is 23.1 Å². The molecule has 0 amide bonds. The quantitative estimate of drug-likeness (QED) is 0.451. The number of nitriles is 1. The second-order valence-electron chi connectivity index (χ2n) is 6.67. The molecule has 24 heavy (non-hydrogen) atoms. The molecule has 126 valence electrons. The minimum Gasteiger partial charge on any atom is -0.381 e. The van der Waals surface area contributed by atoms with Gasteiger partial charge < -0.3 is 4.74 Å². The van der Waals surface area contributed by atoms with E-state index in [4.69, 9.17) is 4.74 Å². The molecule has 1 aliphatic carbocycles. The van der Waals surface area contributed by atoms with Gasteiger partial charge in [-0.25, -0.2) is 9.97 Å². The van der Waals surface area contributed by atoms with Gasteiger partial charge >= 0.3 is 0 Å². The Labute approximate surface area is 150 Å². The molecule has 0 radical (unpaired) electrons. The van der Waals surface area contributed by atoms with Crippen LogP contribution in [0.2, 0.25) is 0 Å². The molecule has 0 saturated carbocycles. The smallest absolute Gasteiger partial charge is 0.128 e. The number of nitrogens with zero attached hydrogens (tertiary/aromatic N) is 3. The molecule has 0 spiro atoms. The van der Waals surface area contributed by atoms with Crippen LogP contribution in [0.4, 0.5) is 0 Å². The number of aromatic nitrogens is 2. The van der Waals surface area contributed by atoms with E-state index in [-0.39, 0.29) is 5.41 Å². The van der Waals surface area contributed by atoms with Crippen LogP contribution in [0.15, 0.2) is 11.4 Å². The van der Waals surface area contributed by atoms with Crippen LogP contribution in [0, 0.1) is 16.7 Å². The number of hydrogen-bond acceptors (Lipinski definition) is 6. The van der Waals surface area contributed by atoms with Crippen LogP contribution in [0.5, 0.6) is 0 Å².